The number of carbonyl (C=O) groups is 2. The molecule has 43 heavy (non-hydrogen) atoms. The van der Waals surface area contributed by atoms with Crippen LogP contribution in [0.3, 0.4) is 0 Å². The average molecular weight is 604 g/mol. The number of nitrogen functional groups attached to an aromatic ring is 1. The van der Waals surface area contributed by atoms with Crippen molar-refractivity contribution in [1.82, 2.24) is 20.2 Å². The minimum absolute atomic E-state index is 0.0459. The van der Waals surface area contributed by atoms with E-state index in [2.05, 4.69) is 15.3 Å². The summed E-state index contributed by atoms with van der Waals surface area (Å²) in [5.74, 6) is -1.00. The van der Waals surface area contributed by atoms with Crippen molar-refractivity contribution in [3.05, 3.63) is 83.4 Å². The Hall–Kier alpha value is -4.88. The zero-order valence-electron chi connectivity index (χ0n) is 22.2. The van der Waals surface area contributed by atoms with E-state index in [1.54, 1.807) is 12.1 Å². The lowest BCUT2D eigenvalue weighted by atomic mass is 10.0. The Balaban J connectivity index is 1.35. The number of anilines is 1. The molecular formula is C29H23F6N5O3. The molecule has 0 aliphatic carbocycles. The lowest BCUT2D eigenvalue weighted by Crippen LogP contribution is -2.44. The normalized spacial score (nSPS) is 15.9. The largest absolute Gasteiger partial charge is 0.459 e. The number of amides is 2. The zero-order chi connectivity index (χ0) is 30.9. The van der Waals surface area contributed by atoms with E-state index < -0.39 is 41.4 Å². The van der Waals surface area contributed by atoms with Crippen LogP contribution in [0.2, 0.25) is 0 Å². The molecule has 0 spiro atoms. The van der Waals surface area contributed by atoms with Crippen molar-refractivity contribution < 1.29 is 40.3 Å². The zero-order valence-corrected chi connectivity index (χ0v) is 22.2. The second-order valence-electron chi connectivity index (χ2n) is 9.85. The van der Waals surface area contributed by atoms with Gasteiger partial charge < -0.3 is 20.4 Å². The maximum Gasteiger partial charge on any atom is 0.420 e. The van der Waals surface area contributed by atoms with Crippen molar-refractivity contribution in [2.45, 2.75) is 37.8 Å². The van der Waals surface area contributed by atoms with E-state index in [1.165, 1.54) is 42.6 Å². The van der Waals surface area contributed by atoms with Gasteiger partial charge in [-0.15, -0.1) is 0 Å². The number of nitrogens with two attached hydrogens (primary N) is 1. The van der Waals surface area contributed by atoms with Crippen LogP contribution in [0.5, 0.6) is 0 Å². The number of carbonyl (C=O) groups excluding carboxylic acids is 2. The van der Waals surface area contributed by atoms with Crippen molar-refractivity contribution in [2.75, 3.05) is 12.3 Å². The topological polar surface area (TPSA) is 114 Å². The molecule has 4 aromatic rings. The standard InChI is InChI=1S/C29H23F6N5O3/c30-28(31,32)21-12-18(22-6-5-17(14-37-22)27(42)40-9-1-2-23(40)29(33,34)35)10-19-11-20(43-26(19)21)15-39-25(41)8-4-16-3-7-24(36)38-13-16/h3-8,10-14,23H,1-2,9,15H2,(H2,36,38)(H,39,41)/b8-4+. The number of aromatic nitrogens is 2. The molecule has 4 heterocycles. The van der Waals surface area contributed by atoms with Gasteiger partial charge in [0.25, 0.3) is 5.91 Å². The van der Waals surface area contributed by atoms with E-state index in [0.29, 0.717) is 11.4 Å². The summed E-state index contributed by atoms with van der Waals surface area (Å²) in [6.07, 6.45) is -4.15. The van der Waals surface area contributed by atoms with Gasteiger partial charge in [0.2, 0.25) is 5.91 Å². The fourth-order valence-electron chi connectivity index (χ4n) is 4.78. The molecule has 0 radical (unpaired) electrons. The summed E-state index contributed by atoms with van der Waals surface area (Å²) in [5.41, 5.74) is 4.61. The first kappa shape index (κ1) is 29.6. The molecule has 1 atom stereocenters. The van der Waals surface area contributed by atoms with Crippen LogP contribution in [0.15, 0.2) is 65.4 Å². The summed E-state index contributed by atoms with van der Waals surface area (Å²) in [7, 11) is 0. The van der Waals surface area contributed by atoms with E-state index in [0.717, 1.165) is 17.2 Å². The number of halogens is 6. The predicted octanol–water partition coefficient (Wildman–Crippen LogP) is 5.99. The number of rotatable bonds is 6. The number of likely N-dealkylation sites (tertiary alicyclic amines) is 1. The number of benzene rings is 1. The first-order valence-electron chi connectivity index (χ1n) is 12.9. The Bertz CT molecular complexity index is 1680. The molecule has 0 bridgehead atoms. The number of furan rings is 1. The van der Waals surface area contributed by atoms with Crippen molar-refractivity contribution in [1.29, 1.82) is 0 Å². The number of hydrogen-bond donors (Lipinski definition) is 2. The molecule has 1 aliphatic heterocycles. The van der Waals surface area contributed by atoms with Crippen molar-refractivity contribution in [3.63, 3.8) is 0 Å². The van der Waals surface area contributed by atoms with Crippen LogP contribution in [0.4, 0.5) is 32.2 Å². The van der Waals surface area contributed by atoms with Gasteiger partial charge in [0.05, 0.1) is 23.4 Å². The summed E-state index contributed by atoms with van der Waals surface area (Å²) in [6.45, 7) is -0.259. The van der Waals surface area contributed by atoms with Crippen LogP contribution in [-0.4, -0.2) is 45.4 Å². The smallest absolute Gasteiger partial charge is 0.420 e. The van der Waals surface area contributed by atoms with Gasteiger partial charge in [-0.2, -0.15) is 26.3 Å². The molecule has 1 aromatic carbocycles. The molecule has 2 amide bonds. The number of alkyl halides is 6. The highest BCUT2D eigenvalue weighted by molar-refractivity contribution is 5.95. The summed E-state index contributed by atoms with van der Waals surface area (Å²) >= 11 is 0. The SMILES string of the molecule is Nc1ccc(/C=C/C(=O)NCc2cc3cc(-c4ccc(C(=O)N5CCCC5C(F)(F)F)cn4)cc(C(F)(F)F)c3o2)cn1. The summed E-state index contributed by atoms with van der Waals surface area (Å²) < 4.78 is 87.3. The molecule has 1 unspecified atom stereocenters. The lowest BCUT2D eigenvalue weighted by molar-refractivity contribution is -0.169. The highest BCUT2D eigenvalue weighted by Gasteiger charge is 2.47. The molecule has 1 aliphatic rings. The van der Waals surface area contributed by atoms with Crippen molar-refractivity contribution in [2.24, 2.45) is 0 Å². The van der Waals surface area contributed by atoms with Gasteiger partial charge in [-0.1, -0.05) is 0 Å². The van der Waals surface area contributed by atoms with Crippen LogP contribution in [-0.2, 0) is 17.5 Å². The number of hydrogen-bond acceptors (Lipinski definition) is 6. The maximum atomic E-state index is 14.0. The maximum absolute atomic E-state index is 14.0. The monoisotopic (exact) mass is 603 g/mol. The first-order chi connectivity index (χ1) is 20.3. The van der Waals surface area contributed by atoms with E-state index in [1.807, 2.05) is 0 Å². The Labute approximate surface area is 240 Å². The van der Waals surface area contributed by atoms with Gasteiger partial charge in [0.1, 0.15) is 23.2 Å². The third-order valence-corrected chi connectivity index (χ3v) is 6.84. The van der Waals surface area contributed by atoms with Crippen LogP contribution >= 0.6 is 0 Å². The van der Waals surface area contributed by atoms with Gasteiger partial charge in [0.15, 0.2) is 0 Å². The average Bonchev–Trinajstić information content (AvgIpc) is 3.62. The second kappa shape index (κ2) is 11.4. The first-order valence-corrected chi connectivity index (χ1v) is 12.9. The summed E-state index contributed by atoms with van der Waals surface area (Å²) in [6, 6.07) is 7.41. The minimum atomic E-state index is -4.80. The summed E-state index contributed by atoms with van der Waals surface area (Å²) in [4.78, 5) is 33.7. The van der Waals surface area contributed by atoms with Gasteiger partial charge >= 0.3 is 12.4 Å². The summed E-state index contributed by atoms with van der Waals surface area (Å²) in [5, 5.41) is 2.62. The molecular weight excluding hydrogens is 580 g/mol. The fourth-order valence-corrected chi connectivity index (χ4v) is 4.78. The van der Waals surface area contributed by atoms with Crippen LogP contribution in [0, 0.1) is 0 Å². The minimum Gasteiger partial charge on any atom is -0.459 e. The van der Waals surface area contributed by atoms with E-state index in [9.17, 15) is 35.9 Å². The van der Waals surface area contributed by atoms with E-state index in [4.69, 9.17) is 10.2 Å². The number of nitrogens with one attached hydrogen (secondary N) is 1. The fraction of sp³-hybridized carbons (Fsp3) is 0.241. The van der Waals surface area contributed by atoms with Gasteiger partial charge in [-0.05, 0) is 66.9 Å². The Morgan fingerprint density at radius 3 is 2.49 bits per heavy atom. The lowest BCUT2D eigenvalue weighted by Gasteiger charge is -2.26. The number of pyridine rings is 2. The number of fused-ring (bicyclic) bond motifs is 1. The highest BCUT2D eigenvalue weighted by atomic mass is 19.4. The highest BCUT2D eigenvalue weighted by Crippen LogP contribution is 2.39. The van der Waals surface area contributed by atoms with Gasteiger partial charge in [0, 0.05) is 36.0 Å². The van der Waals surface area contributed by atoms with E-state index >= 15 is 0 Å². The molecule has 1 saturated heterocycles. The number of nitrogens with zero attached hydrogens (tertiary/aromatic N) is 3. The van der Waals surface area contributed by atoms with E-state index in [-0.39, 0.29) is 53.9 Å². The quantitative estimate of drug-likeness (QED) is 0.207. The molecule has 0 saturated carbocycles. The molecule has 1 fully saturated rings. The molecule has 224 valence electrons. The molecule has 8 nitrogen and oxygen atoms in total. The Morgan fingerprint density at radius 2 is 1.84 bits per heavy atom. The van der Waals surface area contributed by atoms with Crippen molar-refractivity contribution >= 4 is 34.7 Å². The Kier molecular flexibility index (Phi) is 7.86. The van der Waals surface area contributed by atoms with Crippen LogP contribution < -0.4 is 11.1 Å². The third-order valence-electron chi connectivity index (χ3n) is 6.84. The molecule has 14 heteroatoms. The second-order valence-corrected chi connectivity index (χ2v) is 9.85. The van der Waals surface area contributed by atoms with Gasteiger partial charge in [-0.3, -0.25) is 14.6 Å². The van der Waals surface area contributed by atoms with Crippen molar-refractivity contribution in [3.8, 4) is 11.3 Å². The molecule has 3 N–H and O–H groups in total. The van der Waals surface area contributed by atoms with Crippen LogP contribution in [0.1, 0.15) is 40.1 Å². The Morgan fingerprint density at radius 1 is 1.05 bits per heavy atom. The van der Waals surface area contributed by atoms with Gasteiger partial charge in [-0.25, -0.2) is 4.98 Å². The molecule has 3 aromatic heterocycles. The predicted molar refractivity (Wildman–Crippen MR) is 144 cm³/mol. The molecule has 5 rings (SSSR count). The van der Waals surface area contributed by atoms with Crippen LogP contribution in [0.25, 0.3) is 28.3 Å². The third kappa shape index (κ3) is 6.63.